The largest absolute Gasteiger partial charge is 0.487 e. The molecule has 0 aliphatic carbocycles. The van der Waals surface area contributed by atoms with E-state index in [1.807, 2.05) is 0 Å². The van der Waals surface area contributed by atoms with Crippen LogP contribution in [0.3, 0.4) is 0 Å². The Kier molecular flexibility index (Phi) is 5.36. The van der Waals surface area contributed by atoms with E-state index in [1.165, 1.54) is 23.1 Å². The Balaban J connectivity index is 1.45. The highest BCUT2D eigenvalue weighted by Crippen LogP contribution is 2.27. The Morgan fingerprint density at radius 1 is 1.30 bits per heavy atom. The van der Waals surface area contributed by atoms with Crippen molar-refractivity contribution in [3.63, 3.8) is 0 Å². The number of rotatable bonds is 4. The van der Waals surface area contributed by atoms with E-state index >= 15 is 0 Å². The second-order valence-corrected chi connectivity index (χ2v) is 7.02. The summed E-state index contributed by atoms with van der Waals surface area (Å²) in [5.74, 6) is -0.915. The Labute approximate surface area is 175 Å². The molecule has 4 rings (SSSR count). The molecule has 0 saturated carbocycles. The summed E-state index contributed by atoms with van der Waals surface area (Å²) in [6, 6.07) is 6.07. The van der Waals surface area contributed by atoms with E-state index in [0.29, 0.717) is 22.1 Å². The van der Waals surface area contributed by atoms with Crippen molar-refractivity contribution in [2.45, 2.75) is 12.6 Å². The Bertz CT molecular complexity index is 1100. The van der Waals surface area contributed by atoms with E-state index in [0.717, 1.165) is 6.07 Å². The molecule has 0 fully saturated rings. The molecule has 1 aromatic carbocycles. The SMILES string of the molecule is CN1C(=S)[C@@H](NC(=O)c2ncn(Cc3cc(F)cc(F)c3)n2)COc2cccnc21. The van der Waals surface area contributed by atoms with Gasteiger partial charge in [-0.15, -0.1) is 5.10 Å². The van der Waals surface area contributed by atoms with Crippen LogP contribution < -0.4 is 15.0 Å². The summed E-state index contributed by atoms with van der Waals surface area (Å²) < 4.78 is 33.7. The van der Waals surface area contributed by atoms with Crippen molar-refractivity contribution in [3.05, 3.63) is 65.9 Å². The van der Waals surface area contributed by atoms with Crippen molar-refractivity contribution in [1.29, 1.82) is 0 Å². The minimum Gasteiger partial charge on any atom is -0.487 e. The van der Waals surface area contributed by atoms with Crippen LogP contribution in [-0.2, 0) is 6.54 Å². The summed E-state index contributed by atoms with van der Waals surface area (Å²) in [5.41, 5.74) is 0.356. The lowest BCUT2D eigenvalue weighted by Crippen LogP contribution is -2.48. The Hall–Kier alpha value is -3.47. The van der Waals surface area contributed by atoms with Crippen LogP contribution in [0.1, 0.15) is 16.2 Å². The molecule has 8 nitrogen and oxygen atoms in total. The normalized spacial score (nSPS) is 15.9. The van der Waals surface area contributed by atoms with Crippen LogP contribution in [0, 0.1) is 11.6 Å². The molecule has 0 unspecified atom stereocenters. The summed E-state index contributed by atoms with van der Waals surface area (Å²) in [5, 5.41) is 6.83. The van der Waals surface area contributed by atoms with Gasteiger partial charge in [0, 0.05) is 19.3 Å². The van der Waals surface area contributed by atoms with Gasteiger partial charge in [-0.3, -0.25) is 4.79 Å². The molecule has 3 heterocycles. The van der Waals surface area contributed by atoms with Crippen LogP contribution in [0.25, 0.3) is 0 Å². The van der Waals surface area contributed by atoms with Crippen LogP contribution in [0.4, 0.5) is 14.6 Å². The summed E-state index contributed by atoms with van der Waals surface area (Å²) in [7, 11) is 1.74. The molecule has 1 amide bonds. The third-order valence-corrected chi connectivity index (χ3v) is 4.97. The number of benzene rings is 1. The molecular weight excluding hydrogens is 414 g/mol. The number of hydrogen-bond acceptors (Lipinski definition) is 6. The molecule has 1 aliphatic heterocycles. The summed E-state index contributed by atoms with van der Waals surface area (Å²) in [6.07, 6.45) is 2.94. The molecule has 0 bridgehead atoms. The maximum absolute atomic E-state index is 13.3. The van der Waals surface area contributed by atoms with Crippen molar-refractivity contribution >= 4 is 28.9 Å². The number of likely N-dealkylation sites (N-methyl/N-ethyl adjacent to an activating group) is 1. The van der Waals surface area contributed by atoms with Gasteiger partial charge in [0.15, 0.2) is 11.6 Å². The lowest BCUT2D eigenvalue weighted by Gasteiger charge is -2.22. The number of hydrogen-bond donors (Lipinski definition) is 1. The number of pyridine rings is 1. The second kappa shape index (κ2) is 8.11. The molecule has 154 valence electrons. The van der Waals surface area contributed by atoms with E-state index in [2.05, 4.69) is 20.4 Å². The zero-order valence-electron chi connectivity index (χ0n) is 15.7. The number of fused-ring (bicyclic) bond motifs is 1. The van der Waals surface area contributed by atoms with Crippen LogP contribution >= 0.6 is 12.2 Å². The van der Waals surface area contributed by atoms with Crippen molar-refractivity contribution in [3.8, 4) is 5.75 Å². The van der Waals surface area contributed by atoms with Crippen molar-refractivity contribution in [1.82, 2.24) is 25.1 Å². The van der Waals surface area contributed by atoms with Gasteiger partial charge in [-0.25, -0.2) is 23.4 Å². The predicted molar refractivity (Wildman–Crippen MR) is 107 cm³/mol. The number of thiocarbonyl (C=S) groups is 1. The molecule has 0 radical (unpaired) electrons. The summed E-state index contributed by atoms with van der Waals surface area (Å²) >= 11 is 5.47. The van der Waals surface area contributed by atoms with Gasteiger partial charge >= 0.3 is 0 Å². The van der Waals surface area contributed by atoms with Gasteiger partial charge in [-0.2, -0.15) is 0 Å². The lowest BCUT2D eigenvalue weighted by atomic mass is 10.2. The maximum atomic E-state index is 13.3. The topological polar surface area (TPSA) is 85.2 Å². The quantitative estimate of drug-likeness (QED) is 0.634. The van der Waals surface area contributed by atoms with Gasteiger partial charge in [0.1, 0.15) is 35.6 Å². The average molecular weight is 430 g/mol. The van der Waals surface area contributed by atoms with E-state index in [9.17, 15) is 13.6 Å². The van der Waals surface area contributed by atoms with Crippen molar-refractivity contribution in [2.75, 3.05) is 18.6 Å². The van der Waals surface area contributed by atoms with E-state index in [-0.39, 0.29) is 19.0 Å². The number of amides is 1. The number of carbonyl (C=O) groups excluding carboxylic acids is 1. The van der Waals surface area contributed by atoms with Crippen LogP contribution in [0.5, 0.6) is 5.75 Å². The van der Waals surface area contributed by atoms with Gasteiger partial charge in [0.25, 0.3) is 5.91 Å². The smallest absolute Gasteiger partial charge is 0.291 e. The summed E-state index contributed by atoms with van der Waals surface area (Å²) in [6.45, 7) is 0.181. The molecule has 30 heavy (non-hydrogen) atoms. The van der Waals surface area contributed by atoms with Crippen LogP contribution in [0.2, 0.25) is 0 Å². The molecule has 0 spiro atoms. The van der Waals surface area contributed by atoms with E-state index in [1.54, 1.807) is 30.3 Å². The Morgan fingerprint density at radius 3 is 2.83 bits per heavy atom. The first-order chi connectivity index (χ1) is 14.4. The molecule has 1 aliphatic rings. The van der Waals surface area contributed by atoms with Gasteiger partial charge in [-0.05, 0) is 29.8 Å². The fraction of sp³-hybridized carbons (Fsp3) is 0.211. The van der Waals surface area contributed by atoms with Gasteiger partial charge in [0.2, 0.25) is 5.82 Å². The minimum absolute atomic E-state index is 0.0592. The number of carbonyl (C=O) groups is 1. The zero-order chi connectivity index (χ0) is 21.3. The van der Waals surface area contributed by atoms with E-state index < -0.39 is 23.6 Å². The Morgan fingerprint density at radius 2 is 2.07 bits per heavy atom. The number of aromatic nitrogens is 4. The monoisotopic (exact) mass is 430 g/mol. The molecule has 3 aromatic rings. The second-order valence-electron chi connectivity index (χ2n) is 6.60. The van der Waals surface area contributed by atoms with Crippen molar-refractivity contribution in [2.24, 2.45) is 0 Å². The molecule has 2 aromatic heterocycles. The highest BCUT2D eigenvalue weighted by atomic mass is 32.1. The number of halogens is 2. The molecule has 11 heteroatoms. The zero-order valence-corrected chi connectivity index (χ0v) is 16.6. The van der Waals surface area contributed by atoms with Crippen LogP contribution in [0.15, 0.2) is 42.9 Å². The first-order valence-electron chi connectivity index (χ1n) is 8.91. The summed E-state index contributed by atoms with van der Waals surface area (Å²) in [4.78, 5) is 22.9. The van der Waals surface area contributed by atoms with E-state index in [4.69, 9.17) is 17.0 Å². The standard InChI is InChI=1S/C19H16F2N6O2S/c1-26-17-15(3-2-4-22-17)29-9-14(19(26)30)24-18(28)16-23-10-27(25-16)8-11-5-12(20)7-13(21)6-11/h2-7,10,14H,8-9H2,1H3,(H,24,28)/t14-/m0/s1. The third-order valence-electron chi connectivity index (χ3n) is 4.41. The number of anilines is 1. The van der Waals surface area contributed by atoms with Gasteiger partial charge in [0.05, 0.1) is 6.54 Å². The van der Waals surface area contributed by atoms with Gasteiger partial charge in [-0.1, -0.05) is 12.2 Å². The number of nitrogens with zero attached hydrogens (tertiary/aromatic N) is 5. The first kappa shape index (κ1) is 19.8. The van der Waals surface area contributed by atoms with Gasteiger partial charge < -0.3 is 15.0 Å². The maximum Gasteiger partial charge on any atom is 0.291 e. The molecular formula is C19H16F2N6O2S. The molecule has 0 saturated heterocycles. The third kappa shape index (κ3) is 4.10. The molecule has 1 N–H and O–H groups in total. The molecule has 1 atom stereocenters. The van der Waals surface area contributed by atoms with Crippen LogP contribution in [-0.4, -0.2) is 50.3 Å². The highest BCUT2D eigenvalue weighted by Gasteiger charge is 2.29. The average Bonchev–Trinajstić information content (AvgIpc) is 3.13. The predicted octanol–water partition coefficient (Wildman–Crippen LogP) is 1.95. The fourth-order valence-corrected chi connectivity index (χ4v) is 3.23. The highest BCUT2D eigenvalue weighted by molar-refractivity contribution is 7.80. The lowest BCUT2D eigenvalue weighted by molar-refractivity contribution is 0.0927. The first-order valence-corrected chi connectivity index (χ1v) is 9.32. The fourth-order valence-electron chi connectivity index (χ4n) is 3.02. The number of ether oxygens (including phenoxy) is 1. The van der Waals surface area contributed by atoms with Crippen molar-refractivity contribution < 1.29 is 18.3 Å². The minimum atomic E-state index is -0.690. The number of nitrogens with one attached hydrogen (secondary N) is 1.